The molecule has 13 heteroatoms. The Morgan fingerprint density at radius 1 is 0.855 bits per heavy atom. The van der Waals surface area contributed by atoms with Crippen molar-refractivity contribution in [3.63, 3.8) is 0 Å². The van der Waals surface area contributed by atoms with E-state index in [1.807, 2.05) is 42.2 Å². The van der Waals surface area contributed by atoms with Gasteiger partial charge >= 0.3 is 6.18 Å². The number of amides is 1. The monoisotopic (exact) mass is 855 g/mol. The van der Waals surface area contributed by atoms with Gasteiger partial charge in [0.1, 0.15) is 18.1 Å². The number of rotatable bonds is 13. The number of piperazine rings is 1. The van der Waals surface area contributed by atoms with E-state index >= 15 is 0 Å². The van der Waals surface area contributed by atoms with E-state index in [9.17, 15) is 18.0 Å². The van der Waals surface area contributed by atoms with E-state index in [2.05, 4.69) is 50.1 Å². The van der Waals surface area contributed by atoms with Gasteiger partial charge < -0.3 is 19.1 Å². The quantitative estimate of drug-likeness (QED) is 0.110. The predicted octanol–water partition coefficient (Wildman–Crippen LogP) is 10.6. The molecule has 4 aromatic carbocycles. The van der Waals surface area contributed by atoms with Crippen LogP contribution < -0.4 is 14.2 Å². The molecule has 0 saturated carbocycles. The number of pyridine rings is 1. The van der Waals surface area contributed by atoms with Gasteiger partial charge in [-0.2, -0.15) is 13.2 Å². The first-order valence-electron chi connectivity index (χ1n) is 17.4. The van der Waals surface area contributed by atoms with Gasteiger partial charge in [0.25, 0.3) is 0 Å². The van der Waals surface area contributed by atoms with Crippen molar-refractivity contribution >= 4 is 51.9 Å². The zero-order chi connectivity index (χ0) is 38.1. The fourth-order valence-corrected chi connectivity index (χ4v) is 6.42. The van der Waals surface area contributed by atoms with Crippen LogP contribution in [0.5, 0.6) is 23.1 Å². The van der Waals surface area contributed by atoms with Crippen molar-refractivity contribution in [2.75, 3.05) is 32.8 Å². The van der Waals surface area contributed by atoms with Crippen molar-refractivity contribution in [1.29, 1.82) is 0 Å². The number of carbonyl (C=O) groups is 1. The Kier molecular flexibility index (Phi) is 14.6. The maximum atomic E-state index is 13.0. The summed E-state index contributed by atoms with van der Waals surface area (Å²) in [5.74, 6) is 1.95. The minimum atomic E-state index is -4.39. The van der Waals surface area contributed by atoms with E-state index in [0.29, 0.717) is 41.8 Å². The van der Waals surface area contributed by atoms with Gasteiger partial charge in [-0.05, 0) is 95.4 Å². The molecule has 55 heavy (non-hydrogen) atoms. The molecule has 1 fully saturated rings. The van der Waals surface area contributed by atoms with E-state index in [4.69, 9.17) is 25.8 Å². The number of ether oxygens (including phenoxy) is 3. The first kappa shape index (κ1) is 41.6. The molecule has 0 atom stereocenters. The highest BCUT2D eigenvalue weighted by molar-refractivity contribution is 9.10. The summed E-state index contributed by atoms with van der Waals surface area (Å²) in [7, 11) is 0. The smallest absolute Gasteiger partial charge is 0.416 e. The van der Waals surface area contributed by atoms with Crippen LogP contribution in [0.15, 0.2) is 114 Å². The second-order valence-electron chi connectivity index (χ2n) is 12.9. The van der Waals surface area contributed by atoms with Crippen LogP contribution in [0, 0.1) is 6.92 Å². The zero-order valence-corrected chi connectivity index (χ0v) is 33.1. The fraction of sp³-hybridized carbons (Fsp3) is 0.238. The van der Waals surface area contributed by atoms with Crippen LogP contribution >= 0.6 is 39.9 Å². The second kappa shape index (κ2) is 19.4. The molecule has 0 radical (unpaired) electrons. The SMILES string of the molecule is Cc1cc(C=CC(=O)N2CCN(Cc3ccc(CCOc4ccc(Br)cc4)cc3)CC2)cc(Cl)c1Oc1ccc(OCc2ccc(C(F)(F)F)cc2)cn1.Cl. The lowest BCUT2D eigenvalue weighted by atomic mass is 10.1. The predicted molar refractivity (Wildman–Crippen MR) is 214 cm³/mol. The third kappa shape index (κ3) is 12.2. The largest absolute Gasteiger partial charge is 0.493 e. The molecule has 0 bridgehead atoms. The summed E-state index contributed by atoms with van der Waals surface area (Å²) in [6.07, 6.45) is 1.24. The van der Waals surface area contributed by atoms with Crippen molar-refractivity contribution in [3.05, 3.63) is 152 Å². The average molecular weight is 858 g/mol. The van der Waals surface area contributed by atoms with Gasteiger partial charge in [-0.25, -0.2) is 4.98 Å². The number of aryl methyl sites for hydroxylation is 1. The van der Waals surface area contributed by atoms with Crippen LogP contribution in [0.25, 0.3) is 6.08 Å². The molecule has 7 nitrogen and oxygen atoms in total. The Morgan fingerprint density at radius 3 is 2.15 bits per heavy atom. The van der Waals surface area contributed by atoms with Crippen molar-refractivity contribution < 1.29 is 32.2 Å². The Balaban J connectivity index is 0.00000580. The molecule has 0 unspecified atom stereocenters. The highest BCUT2D eigenvalue weighted by atomic mass is 79.9. The lowest BCUT2D eigenvalue weighted by molar-refractivity contribution is -0.137. The lowest BCUT2D eigenvalue weighted by Gasteiger charge is -2.34. The van der Waals surface area contributed by atoms with E-state index in [0.717, 1.165) is 59.5 Å². The number of benzene rings is 4. The summed E-state index contributed by atoms with van der Waals surface area (Å²) >= 11 is 10.0. The Bertz CT molecular complexity index is 2020. The van der Waals surface area contributed by atoms with Crippen LogP contribution in [-0.4, -0.2) is 53.5 Å². The van der Waals surface area contributed by atoms with Gasteiger partial charge in [0.15, 0.2) is 5.75 Å². The maximum absolute atomic E-state index is 13.0. The van der Waals surface area contributed by atoms with Gasteiger partial charge in [-0.15, -0.1) is 12.4 Å². The van der Waals surface area contributed by atoms with Gasteiger partial charge in [0, 0.05) is 55.8 Å². The topological polar surface area (TPSA) is 64.1 Å². The standard InChI is InChI=1S/C42H38BrClF3N3O4.ClH/c1-29-24-33(25-38(44)41(29)54-39-16-15-37(26-48-39)53-28-32-6-9-34(10-7-32)42(45,46)47)8-17-40(51)50-21-19-49(20-22-50)27-31-4-2-30(3-5-31)18-23-52-36-13-11-35(43)12-14-36;/h2-17,24-26H,18-23,27-28H2,1H3;1H. The summed E-state index contributed by atoms with van der Waals surface area (Å²) in [6.45, 7) is 6.26. The Hall–Kier alpha value is -4.55. The molecule has 288 valence electrons. The number of alkyl halides is 3. The van der Waals surface area contributed by atoms with Crippen molar-refractivity contribution in [1.82, 2.24) is 14.8 Å². The van der Waals surface area contributed by atoms with Crippen molar-refractivity contribution in [3.8, 4) is 23.1 Å². The molecule has 6 rings (SSSR count). The highest BCUT2D eigenvalue weighted by Gasteiger charge is 2.30. The van der Waals surface area contributed by atoms with Crippen LogP contribution in [0.3, 0.4) is 0 Å². The lowest BCUT2D eigenvalue weighted by Crippen LogP contribution is -2.47. The second-order valence-corrected chi connectivity index (χ2v) is 14.2. The molecule has 0 N–H and O–H groups in total. The number of hydrogen-bond acceptors (Lipinski definition) is 6. The molecule has 0 aliphatic carbocycles. The summed E-state index contributed by atoms with van der Waals surface area (Å²) in [5, 5.41) is 0.363. The molecule has 0 spiro atoms. The number of nitrogens with zero attached hydrogens (tertiary/aromatic N) is 3. The molecule has 1 aliphatic heterocycles. The molecule has 5 aromatic rings. The number of carbonyl (C=O) groups excluding carboxylic acids is 1. The van der Waals surface area contributed by atoms with Crippen molar-refractivity contribution in [2.24, 2.45) is 0 Å². The minimum Gasteiger partial charge on any atom is -0.493 e. The summed E-state index contributed by atoms with van der Waals surface area (Å²) in [5.41, 5.74) is 3.87. The molecule has 1 amide bonds. The first-order chi connectivity index (χ1) is 26.0. The first-order valence-corrected chi connectivity index (χ1v) is 18.5. The Labute approximate surface area is 338 Å². The highest BCUT2D eigenvalue weighted by Crippen LogP contribution is 2.34. The number of aromatic nitrogens is 1. The molecule has 1 aromatic heterocycles. The summed E-state index contributed by atoms with van der Waals surface area (Å²) in [4.78, 5) is 21.5. The van der Waals surface area contributed by atoms with Crippen LogP contribution in [0.4, 0.5) is 13.2 Å². The van der Waals surface area contributed by atoms with Gasteiger partial charge in [-0.3, -0.25) is 9.69 Å². The van der Waals surface area contributed by atoms with E-state index in [1.54, 1.807) is 30.4 Å². The molecular formula is C42H39BrCl2F3N3O4. The van der Waals surface area contributed by atoms with E-state index in [1.165, 1.54) is 29.5 Å². The third-order valence-corrected chi connectivity index (χ3v) is 9.67. The maximum Gasteiger partial charge on any atom is 0.416 e. The van der Waals surface area contributed by atoms with Gasteiger partial charge in [-0.1, -0.05) is 63.9 Å². The van der Waals surface area contributed by atoms with Gasteiger partial charge in [0.05, 0.1) is 23.4 Å². The van der Waals surface area contributed by atoms with Crippen LogP contribution in [-0.2, 0) is 30.5 Å². The molecule has 1 aliphatic rings. The molecule has 1 saturated heterocycles. The minimum absolute atomic E-state index is 0. The number of halogens is 6. The zero-order valence-electron chi connectivity index (χ0n) is 29.9. The average Bonchev–Trinajstić information content (AvgIpc) is 3.16. The van der Waals surface area contributed by atoms with Crippen LogP contribution in [0.2, 0.25) is 5.02 Å². The number of hydrogen-bond donors (Lipinski definition) is 0. The van der Waals surface area contributed by atoms with Crippen molar-refractivity contribution in [2.45, 2.75) is 32.7 Å². The Morgan fingerprint density at radius 2 is 1.51 bits per heavy atom. The fourth-order valence-electron chi connectivity index (χ4n) is 5.84. The molecular weight excluding hydrogens is 818 g/mol. The van der Waals surface area contributed by atoms with Crippen LogP contribution in [0.1, 0.15) is 33.4 Å². The summed E-state index contributed by atoms with van der Waals surface area (Å²) < 4.78 is 56.9. The van der Waals surface area contributed by atoms with Gasteiger partial charge in [0.2, 0.25) is 11.8 Å². The summed E-state index contributed by atoms with van der Waals surface area (Å²) in [6, 6.07) is 28.2. The normalized spacial score (nSPS) is 13.4. The van der Waals surface area contributed by atoms with E-state index in [-0.39, 0.29) is 30.8 Å². The van der Waals surface area contributed by atoms with E-state index < -0.39 is 11.7 Å². The third-order valence-electron chi connectivity index (χ3n) is 8.86. The molecule has 2 heterocycles.